The molecule has 1 saturated heterocycles. The van der Waals surface area contributed by atoms with Gasteiger partial charge in [-0.05, 0) is 44.2 Å². The van der Waals surface area contributed by atoms with E-state index in [0.29, 0.717) is 22.8 Å². The second-order valence-corrected chi connectivity index (χ2v) is 8.79. The van der Waals surface area contributed by atoms with E-state index in [2.05, 4.69) is 21.9 Å². The van der Waals surface area contributed by atoms with Crippen LogP contribution in [0.25, 0.3) is 5.69 Å². The van der Waals surface area contributed by atoms with Gasteiger partial charge in [0.2, 0.25) is 0 Å². The Bertz CT molecular complexity index is 1160. The number of aromatic nitrogens is 1. The number of carbonyl (C=O) groups excluding carboxylic acids is 2. The number of rotatable bonds is 4. The molecule has 3 aromatic rings. The predicted octanol–water partition coefficient (Wildman–Crippen LogP) is 4.12. The molecule has 32 heavy (non-hydrogen) atoms. The van der Waals surface area contributed by atoms with Crippen LogP contribution in [-0.4, -0.2) is 59.0 Å². The number of nitrogens with zero attached hydrogens (tertiary/aromatic N) is 4. The number of anilines is 1. The van der Waals surface area contributed by atoms with Gasteiger partial charge in [0.1, 0.15) is 0 Å². The molecule has 0 unspecified atom stereocenters. The second kappa shape index (κ2) is 8.11. The summed E-state index contributed by atoms with van der Waals surface area (Å²) >= 11 is 6.17. The van der Waals surface area contributed by atoms with Gasteiger partial charge in [0, 0.05) is 54.0 Å². The maximum absolute atomic E-state index is 13.3. The summed E-state index contributed by atoms with van der Waals surface area (Å²) in [4.78, 5) is 32.5. The minimum Gasteiger partial charge on any atom is -0.369 e. The van der Waals surface area contributed by atoms with E-state index in [0.717, 1.165) is 43.3 Å². The number of carbonyl (C=O) groups is 2. The molecule has 1 fully saturated rings. The van der Waals surface area contributed by atoms with Crippen molar-refractivity contribution in [3.8, 4) is 5.69 Å². The van der Waals surface area contributed by atoms with Gasteiger partial charge in [0.05, 0.1) is 17.8 Å². The van der Waals surface area contributed by atoms with Crippen molar-refractivity contribution in [1.29, 1.82) is 0 Å². The van der Waals surface area contributed by atoms with Crippen molar-refractivity contribution >= 4 is 29.1 Å². The zero-order valence-corrected chi connectivity index (χ0v) is 19.0. The molecule has 0 spiro atoms. The lowest BCUT2D eigenvalue weighted by molar-refractivity contribution is 0.0533. The van der Waals surface area contributed by atoms with Crippen molar-refractivity contribution < 1.29 is 9.59 Å². The molecular weight excluding hydrogens is 424 g/mol. The maximum atomic E-state index is 13.3. The molecule has 2 amide bonds. The lowest BCUT2D eigenvalue weighted by Gasteiger charge is -2.37. The predicted molar refractivity (Wildman–Crippen MR) is 126 cm³/mol. The molecule has 0 saturated carbocycles. The van der Waals surface area contributed by atoms with E-state index in [1.807, 2.05) is 60.9 Å². The molecule has 0 aliphatic carbocycles. The van der Waals surface area contributed by atoms with E-state index < -0.39 is 0 Å². The number of halogens is 1. The number of benzene rings is 2. The van der Waals surface area contributed by atoms with Gasteiger partial charge in [-0.3, -0.25) is 19.4 Å². The van der Waals surface area contributed by atoms with Gasteiger partial charge in [-0.1, -0.05) is 35.9 Å². The minimum atomic E-state index is -0.211. The van der Waals surface area contributed by atoms with Crippen LogP contribution < -0.4 is 4.90 Å². The minimum absolute atomic E-state index is 0.211. The number of piperazine rings is 1. The van der Waals surface area contributed by atoms with Crippen LogP contribution in [0.3, 0.4) is 0 Å². The number of imide groups is 1. The molecule has 164 valence electrons. The second-order valence-electron chi connectivity index (χ2n) is 8.36. The van der Waals surface area contributed by atoms with Crippen LogP contribution in [0.4, 0.5) is 5.69 Å². The molecule has 3 heterocycles. The first-order chi connectivity index (χ1) is 15.5. The fraction of sp³-hybridized carbons (Fsp3) is 0.280. The summed E-state index contributed by atoms with van der Waals surface area (Å²) in [5.74, 6) is -0.422. The van der Waals surface area contributed by atoms with E-state index >= 15 is 0 Å². The van der Waals surface area contributed by atoms with E-state index in [9.17, 15) is 9.59 Å². The fourth-order valence-electron chi connectivity index (χ4n) is 4.84. The molecule has 0 atom stereocenters. The van der Waals surface area contributed by atoms with Gasteiger partial charge < -0.3 is 9.47 Å². The first-order valence-electron chi connectivity index (χ1n) is 10.8. The molecule has 0 radical (unpaired) electrons. The molecule has 2 aromatic carbocycles. The number of fused-ring (bicyclic) bond motifs is 1. The van der Waals surface area contributed by atoms with E-state index in [1.165, 1.54) is 10.6 Å². The molecule has 6 nitrogen and oxygen atoms in total. The standard InChI is InChI=1S/C25H25ClN4O2/c1-17-22-23(18(2)30(17)21-10-6-7-19(26)15-21)25(32)29(24(22)31)16-27-11-13-28(14-12-27)20-8-4-3-5-9-20/h3-10,15H,11-14,16H2,1-2H3. The molecule has 0 N–H and O–H groups in total. The zero-order chi connectivity index (χ0) is 22.4. The molecule has 7 heteroatoms. The van der Waals surface area contributed by atoms with Crippen molar-refractivity contribution in [1.82, 2.24) is 14.4 Å². The largest absolute Gasteiger partial charge is 0.369 e. The maximum Gasteiger partial charge on any atom is 0.264 e. The van der Waals surface area contributed by atoms with Crippen molar-refractivity contribution in [2.24, 2.45) is 0 Å². The van der Waals surface area contributed by atoms with Crippen LogP contribution in [0.1, 0.15) is 32.1 Å². The number of amides is 2. The summed E-state index contributed by atoms with van der Waals surface area (Å²) in [5, 5.41) is 0.615. The van der Waals surface area contributed by atoms with Crippen molar-refractivity contribution in [2.45, 2.75) is 13.8 Å². The zero-order valence-electron chi connectivity index (χ0n) is 18.2. The van der Waals surface area contributed by atoms with Crippen LogP contribution in [0.5, 0.6) is 0 Å². The quantitative estimate of drug-likeness (QED) is 0.563. The Kier molecular flexibility index (Phi) is 5.27. The summed E-state index contributed by atoms with van der Waals surface area (Å²) in [6, 6.07) is 17.8. The normalized spacial score (nSPS) is 16.7. The average molecular weight is 449 g/mol. The van der Waals surface area contributed by atoms with Crippen LogP contribution in [0.2, 0.25) is 5.02 Å². The van der Waals surface area contributed by atoms with Gasteiger partial charge >= 0.3 is 0 Å². The summed E-state index contributed by atoms with van der Waals surface area (Å²) in [7, 11) is 0. The molecule has 1 aromatic heterocycles. The van der Waals surface area contributed by atoms with Gasteiger partial charge in [0.15, 0.2) is 0 Å². The lowest BCUT2D eigenvalue weighted by atomic mass is 10.1. The molecule has 5 rings (SSSR count). The van der Waals surface area contributed by atoms with Crippen LogP contribution >= 0.6 is 11.6 Å². The molecule has 2 aliphatic heterocycles. The van der Waals surface area contributed by atoms with E-state index in [1.54, 1.807) is 0 Å². The van der Waals surface area contributed by atoms with Gasteiger partial charge in [-0.15, -0.1) is 0 Å². The summed E-state index contributed by atoms with van der Waals surface area (Å²) < 4.78 is 1.95. The van der Waals surface area contributed by atoms with E-state index in [-0.39, 0.29) is 11.8 Å². The van der Waals surface area contributed by atoms with Crippen molar-refractivity contribution in [3.05, 3.63) is 82.1 Å². The molecule has 2 aliphatic rings. The highest BCUT2D eigenvalue weighted by Gasteiger charge is 2.42. The Morgan fingerprint density at radius 3 is 1.97 bits per heavy atom. The van der Waals surface area contributed by atoms with Crippen LogP contribution in [-0.2, 0) is 0 Å². The Morgan fingerprint density at radius 1 is 0.781 bits per heavy atom. The van der Waals surface area contributed by atoms with Crippen molar-refractivity contribution in [3.63, 3.8) is 0 Å². The number of hydrogen-bond donors (Lipinski definition) is 0. The lowest BCUT2D eigenvalue weighted by Crippen LogP contribution is -2.51. The number of hydrogen-bond acceptors (Lipinski definition) is 4. The molecule has 0 bridgehead atoms. The Balaban J connectivity index is 1.34. The average Bonchev–Trinajstić information content (AvgIpc) is 3.21. The third-order valence-corrected chi connectivity index (χ3v) is 6.70. The monoisotopic (exact) mass is 448 g/mol. The Labute approximate surface area is 192 Å². The smallest absolute Gasteiger partial charge is 0.264 e. The van der Waals surface area contributed by atoms with Gasteiger partial charge in [-0.2, -0.15) is 0 Å². The SMILES string of the molecule is Cc1c2c(c(C)n1-c1cccc(Cl)c1)C(=O)N(CN1CCN(c3ccccc3)CC1)C2=O. The third kappa shape index (κ3) is 3.40. The van der Waals surface area contributed by atoms with Gasteiger partial charge in [0.25, 0.3) is 11.8 Å². The highest BCUT2D eigenvalue weighted by atomic mass is 35.5. The topological polar surface area (TPSA) is 48.8 Å². The highest BCUT2D eigenvalue weighted by molar-refractivity contribution is 6.30. The highest BCUT2D eigenvalue weighted by Crippen LogP contribution is 2.34. The first kappa shape index (κ1) is 20.8. The molecular formula is C25H25ClN4O2. The third-order valence-electron chi connectivity index (χ3n) is 6.46. The van der Waals surface area contributed by atoms with Crippen LogP contribution in [0.15, 0.2) is 54.6 Å². The summed E-state index contributed by atoms with van der Waals surface area (Å²) in [6.07, 6.45) is 0. The van der Waals surface area contributed by atoms with E-state index in [4.69, 9.17) is 11.6 Å². The Hall–Kier alpha value is -3.09. The Morgan fingerprint density at radius 2 is 1.38 bits per heavy atom. The fourth-order valence-corrected chi connectivity index (χ4v) is 5.02. The van der Waals surface area contributed by atoms with Crippen molar-refractivity contribution in [2.75, 3.05) is 37.7 Å². The summed E-state index contributed by atoms with van der Waals surface area (Å²) in [5.41, 5.74) is 4.62. The summed E-state index contributed by atoms with van der Waals surface area (Å²) in [6.45, 7) is 7.44. The number of para-hydroxylation sites is 1. The van der Waals surface area contributed by atoms with Gasteiger partial charge in [-0.25, -0.2) is 0 Å². The first-order valence-corrected chi connectivity index (χ1v) is 11.2. The van der Waals surface area contributed by atoms with Crippen LogP contribution in [0, 0.1) is 13.8 Å².